The van der Waals surface area contributed by atoms with Gasteiger partial charge in [-0.25, -0.2) is 0 Å². The van der Waals surface area contributed by atoms with Crippen LogP contribution in [0.25, 0.3) is 0 Å². The molecule has 2 N–H and O–H groups in total. The van der Waals surface area contributed by atoms with Crippen molar-refractivity contribution in [1.29, 1.82) is 0 Å². The minimum absolute atomic E-state index is 0.246. The highest BCUT2D eigenvalue weighted by atomic mass is 16.2. The van der Waals surface area contributed by atoms with E-state index in [1.807, 2.05) is 24.3 Å². The number of carbonyl (C=O) groups excluding carboxylic acids is 1. The lowest BCUT2D eigenvalue weighted by atomic mass is 10.1. The molecule has 1 amide bonds. The number of nitrogens with zero attached hydrogens (tertiary/aromatic N) is 1. The highest BCUT2D eigenvalue weighted by molar-refractivity contribution is 5.79. The summed E-state index contributed by atoms with van der Waals surface area (Å²) in [5.74, 6) is 0.775. The number of amides is 1. The molecule has 0 saturated heterocycles. The normalized spacial score (nSPS) is 14.8. The molecule has 0 heterocycles. The molecule has 18 heavy (non-hydrogen) atoms. The third-order valence-corrected chi connectivity index (χ3v) is 3.20. The molecule has 1 saturated carbocycles. The Morgan fingerprint density at radius 3 is 2.44 bits per heavy atom. The molecule has 98 valence electrons. The van der Waals surface area contributed by atoms with Gasteiger partial charge in [-0.05, 0) is 36.5 Å². The molecule has 0 atom stereocenters. The highest BCUT2D eigenvalue weighted by Crippen LogP contribution is 2.28. The SMILES string of the molecule is CC(C)CN(C(=O)Cc1ccc(N)cc1)C1CC1. The second kappa shape index (κ2) is 5.42. The summed E-state index contributed by atoms with van der Waals surface area (Å²) < 4.78 is 0. The molecule has 0 bridgehead atoms. The summed E-state index contributed by atoms with van der Waals surface area (Å²) in [7, 11) is 0. The molecule has 0 radical (unpaired) electrons. The van der Waals surface area contributed by atoms with Gasteiger partial charge in [0.25, 0.3) is 0 Å². The summed E-state index contributed by atoms with van der Waals surface area (Å²) in [4.78, 5) is 14.4. The van der Waals surface area contributed by atoms with Crippen LogP contribution in [-0.2, 0) is 11.2 Å². The zero-order valence-corrected chi connectivity index (χ0v) is 11.2. The van der Waals surface area contributed by atoms with Crippen molar-refractivity contribution in [3.05, 3.63) is 29.8 Å². The van der Waals surface area contributed by atoms with Crippen molar-refractivity contribution in [2.45, 2.75) is 39.2 Å². The van der Waals surface area contributed by atoms with Crippen molar-refractivity contribution in [2.75, 3.05) is 12.3 Å². The van der Waals surface area contributed by atoms with Gasteiger partial charge in [-0.2, -0.15) is 0 Å². The first-order valence-electron chi connectivity index (χ1n) is 6.70. The molecule has 0 spiro atoms. The predicted molar refractivity (Wildman–Crippen MR) is 74.1 cm³/mol. The third-order valence-electron chi connectivity index (χ3n) is 3.20. The van der Waals surface area contributed by atoms with E-state index < -0.39 is 0 Å². The van der Waals surface area contributed by atoms with Gasteiger partial charge in [0, 0.05) is 18.3 Å². The third kappa shape index (κ3) is 3.49. The maximum absolute atomic E-state index is 12.3. The van der Waals surface area contributed by atoms with E-state index in [2.05, 4.69) is 18.7 Å². The number of nitrogens with two attached hydrogens (primary N) is 1. The number of rotatable bonds is 5. The van der Waals surface area contributed by atoms with E-state index in [0.717, 1.165) is 17.8 Å². The van der Waals surface area contributed by atoms with Gasteiger partial charge in [0.05, 0.1) is 6.42 Å². The van der Waals surface area contributed by atoms with Crippen molar-refractivity contribution in [3.8, 4) is 0 Å². The fourth-order valence-electron chi connectivity index (χ4n) is 2.15. The van der Waals surface area contributed by atoms with Crippen molar-refractivity contribution < 1.29 is 4.79 Å². The van der Waals surface area contributed by atoms with Crippen LogP contribution in [0.4, 0.5) is 5.69 Å². The topological polar surface area (TPSA) is 46.3 Å². The summed E-state index contributed by atoms with van der Waals surface area (Å²) in [6, 6.07) is 8.08. The Bertz CT molecular complexity index is 407. The molecule has 0 aromatic heterocycles. The van der Waals surface area contributed by atoms with Crippen molar-refractivity contribution >= 4 is 11.6 Å². The Hall–Kier alpha value is -1.51. The fraction of sp³-hybridized carbons (Fsp3) is 0.533. The lowest BCUT2D eigenvalue weighted by Crippen LogP contribution is -2.37. The summed E-state index contributed by atoms with van der Waals surface area (Å²) in [5.41, 5.74) is 7.43. The van der Waals surface area contributed by atoms with Gasteiger partial charge in [0.2, 0.25) is 5.91 Å². The van der Waals surface area contributed by atoms with Crippen LogP contribution in [0.1, 0.15) is 32.3 Å². The Morgan fingerprint density at radius 1 is 1.33 bits per heavy atom. The number of nitrogen functional groups attached to an aromatic ring is 1. The van der Waals surface area contributed by atoms with Gasteiger partial charge in [-0.1, -0.05) is 26.0 Å². The Labute approximate surface area is 109 Å². The predicted octanol–water partition coefficient (Wildman–Crippen LogP) is 2.46. The first-order valence-corrected chi connectivity index (χ1v) is 6.70. The largest absolute Gasteiger partial charge is 0.399 e. The van der Waals surface area contributed by atoms with Crippen LogP contribution in [-0.4, -0.2) is 23.4 Å². The quantitative estimate of drug-likeness (QED) is 0.811. The van der Waals surface area contributed by atoms with E-state index in [4.69, 9.17) is 5.73 Å². The number of hydrogen-bond acceptors (Lipinski definition) is 2. The zero-order valence-electron chi connectivity index (χ0n) is 11.2. The number of hydrogen-bond donors (Lipinski definition) is 1. The molecular weight excluding hydrogens is 224 g/mol. The minimum Gasteiger partial charge on any atom is -0.399 e. The summed E-state index contributed by atoms with van der Waals surface area (Å²) in [5, 5.41) is 0. The highest BCUT2D eigenvalue weighted by Gasteiger charge is 2.32. The van der Waals surface area contributed by atoms with Gasteiger partial charge in [0.1, 0.15) is 0 Å². The average molecular weight is 246 g/mol. The molecule has 3 nitrogen and oxygen atoms in total. The van der Waals surface area contributed by atoms with Gasteiger partial charge in [-0.3, -0.25) is 4.79 Å². The van der Waals surface area contributed by atoms with Crippen LogP contribution in [0.2, 0.25) is 0 Å². The van der Waals surface area contributed by atoms with E-state index >= 15 is 0 Å². The molecule has 1 aromatic rings. The second-order valence-electron chi connectivity index (χ2n) is 5.59. The summed E-state index contributed by atoms with van der Waals surface area (Å²) >= 11 is 0. The first kappa shape index (κ1) is 12.9. The molecule has 0 unspecified atom stereocenters. The van der Waals surface area contributed by atoms with Crippen LogP contribution >= 0.6 is 0 Å². The van der Waals surface area contributed by atoms with Crippen LogP contribution in [0, 0.1) is 5.92 Å². The molecular formula is C15H22N2O. The Kier molecular flexibility index (Phi) is 3.90. The number of anilines is 1. The van der Waals surface area contributed by atoms with E-state index in [-0.39, 0.29) is 5.91 Å². The monoisotopic (exact) mass is 246 g/mol. The van der Waals surface area contributed by atoms with E-state index in [9.17, 15) is 4.79 Å². The smallest absolute Gasteiger partial charge is 0.227 e. The van der Waals surface area contributed by atoms with Crippen LogP contribution in [0.15, 0.2) is 24.3 Å². The summed E-state index contributed by atoms with van der Waals surface area (Å²) in [6.07, 6.45) is 2.82. The Morgan fingerprint density at radius 2 is 1.94 bits per heavy atom. The van der Waals surface area contributed by atoms with Crippen molar-refractivity contribution in [2.24, 2.45) is 5.92 Å². The van der Waals surface area contributed by atoms with Crippen LogP contribution in [0.3, 0.4) is 0 Å². The molecule has 1 fully saturated rings. The zero-order chi connectivity index (χ0) is 13.1. The first-order chi connectivity index (χ1) is 8.56. The van der Waals surface area contributed by atoms with E-state index in [0.29, 0.717) is 18.4 Å². The van der Waals surface area contributed by atoms with Crippen LogP contribution < -0.4 is 5.73 Å². The lowest BCUT2D eigenvalue weighted by Gasteiger charge is -2.24. The molecule has 1 aliphatic carbocycles. The van der Waals surface area contributed by atoms with Gasteiger partial charge < -0.3 is 10.6 Å². The molecule has 1 aliphatic rings. The molecule has 1 aromatic carbocycles. The van der Waals surface area contributed by atoms with Gasteiger partial charge in [-0.15, -0.1) is 0 Å². The van der Waals surface area contributed by atoms with Gasteiger partial charge in [0.15, 0.2) is 0 Å². The van der Waals surface area contributed by atoms with Crippen LogP contribution in [0.5, 0.6) is 0 Å². The average Bonchev–Trinajstić information content (AvgIpc) is 3.12. The molecule has 3 heteroatoms. The Balaban J connectivity index is 1.98. The fourth-order valence-corrected chi connectivity index (χ4v) is 2.15. The van der Waals surface area contributed by atoms with Crippen molar-refractivity contribution in [3.63, 3.8) is 0 Å². The second-order valence-corrected chi connectivity index (χ2v) is 5.59. The van der Waals surface area contributed by atoms with E-state index in [1.165, 1.54) is 12.8 Å². The number of benzene rings is 1. The minimum atomic E-state index is 0.246. The maximum Gasteiger partial charge on any atom is 0.227 e. The standard InChI is InChI=1S/C15H22N2O/c1-11(2)10-17(14-7-8-14)15(18)9-12-3-5-13(16)6-4-12/h3-6,11,14H,7-10,16H2,1-2H3. The molecule has 2 rings (SSSR count). The van der Waals surface area contributed by atoms with Gasteiger partial charge >= 0.3 is 0 Å². The van der Waals surface area contributed by atoms with Crippen molar-refractivity contribution in [1.82, 2.24) is 4.90 Å². The lowest BCUT2D eigenvalue weighted by molar-refractivity contribution is -0.131. The van der Waals surface area contributed by atoms with E-state index in [1.54, 1.807) is 0 Å². The summed E-state index contributed by atoms with van der Waals surface area (Å²) in [6.45, 7) is 5.19. The number of carbonyl (C=O) groups is 1. The molecule has 0 aliphatic heterocycles. The maximum atomic E-state index is 12.3.